The van der Waals surface area contributed by atoms with Gasteiger partial charge in [-0.05, 0) is 121 Å². The molecule has 0 fully saturated rings. The molecule has 8 nitrogen and oxygen atoms in total. The molecule has 5 aromatic carbocycles. The molecular formula is C46H48O8. The van der Waals surface area contributed by atoms with Gasteiger partial charge in [-0.25, -0.2) is 14.4 Å². The van der Waals surface area contributed by atoms with Crippen molar-refractivity contribution in [3.05, 3.63) is 138 Å². The van der Waals surface area contributed by atoms with Crippen molar-refractivity contribution in [1.29, 1.82) is 0 Å². The first kappa shape index (κ1) is 39.3. The summed E-state index contributed by atoms with van der Waals surface area (Å²) in [6.45, 7) is 5.62. The van der Waals surface area contributed by atoms with E-state index < -0.39 is 17.9 Å². The van der Waals surface area contributed by atoms with Gasteiger partial charge in [0.1, 0.15) is 28.7 Å². The second kappa shape index (κ2) is 21.0. The maximum atomic E-state index is 12.9. The molecule has 8 heteroatoms. The molecule has 0 spiro atoms. The summed E-state index contributed by atoms with van der Waals surface area (Å²) < 4.78 is 28.1. The Kier molecular flexibility index (Phi) is 15.3. The third kappa shape index (κ3) is 12.4. The van der Waals surface area contributed by atoms with E-state index in [2.05, 4.69) is 13.8 Å². The second-order valence-corrected chi connectivity index (χ2v) is 13.0. The topological polar surface area (TPSA) is 97.4 Å². The second-order valence-electron chi connectivity index (χ2n) is 13.0. The molecule has 0 saturated carbocycles. The lowest BCUT2D eigenvalue weighted by atomic mass is 10.0. The van der Waals surface area contributed by atoms with Crippen LogP contribution < -0.4 is 23.7 Å². The highest BCUT2D eigenvalue weighted by Gasteiger charge is 2.14. The van der Waals surface area contributed by atoms with Gasteiger partial charge in [-0.2, -0.15) is 0 Å². The van der Waals surface area contributed by atoms with Gasteiger partial charge in [-0.1, -0.05) is 83.1 Å². The lowest BCUT2D eigenvalue weighted by Crippen LogP contribution is -2.10. The third-order valence-electron chi connectivity index (χ3n) is 8.70. The molecule has 280 valence electrons. The molecule has 0 saturated heterocycles. The van der Waals surface area contributed by atoms with Gasteiger partial charge in [0.05, 0.1) is 29.9 Å². The van der Waals surface area contributed by atoms with Gasteiger partial charge in [0, 0.05) is 0 Å². The zero-order chi connectivity index (χ0) is 38.0. The van der Waals surface area contributed by atoms with Gasteiger partial charge in [0.15, 0.2) is 0 Å². The molecule has 0 unspecified atom stereocenters. The van der Waals surface area contributed by atoms with E-state index in [9.17, 15) is 14.4 Å². The molecule has 5 aromatic rings. The number of carbonyl (C=O) groups is 3. The fraction of sp³-hybridized carbons (Fsp3) is 0.283. The smallest absolute Gasteiger partial charge is 0.343 e. The molecule has 54 heavy (non-hydrogen) atoms. The fourth-order valence-electron chi connectivity index (χ4n) is 5.57. The van der Waals surface area contributed by atoms with E-state index in [4.69, 9.17) is 23.7 Å². The Bertz CT molecular complexity index is 1910. The summed E-state index contributed by atoms with van der Waals surface area (Å²) in [7, 11) is 0. The van der Waals surface area contributed by atoms with Crippen molar-refractivity contribution in [2.75, 3.05) is 13.2 Å². The predicted molar refractivity (Wildman–Crippen MR) is 210 cm³/mol. The van der Waals surface area contributed by atoms with Crippen molar-refractivity contribution in [3.8, 4) is 39.9 Å². The van der Waals surface area contributed by atoms with Crippen molar-refractivity contribution in [3.63, 3.8) is 0 Å². The predicted octanol–water partition coefficient (Wildman–Crippen LogP) is 11.3. The standard InChI is InChI=1S/C46H48O8/c1-3-5-7-8-9-10-11-32-51-39-21-17-35(18-22-39)44(47)53-42-25-19-36(20-26-42)45(48)52-41-23-15-34(16-24-41)37-13-12-14-38(33-37)46(49)54-43-29-27-40(28-30-43)50-31-6-4-2/h12-30,33H,3-11,31-32H2,1-2H3. The van der Waals surface area contributed by atoms with Crippen molar-refractivity contribution in [1.82, 2.24) is 0 Å². The Morgan fingerprint density at radius 3 is 1.33 bits per heavy atom. The van der Waals surface area contributed by atoms with Crippen LogP contribution in [0.3, 0.4) is 0 Å². The number of hydrogen-bond donors (Lipinski definition) is 0. The largest absolute Gasteiger partial charge is 0.494 e. The first-order chi connectivity index (χ1) is 26.4. The van der Waals surface area contributed by atoms with Crippen LogP contribution in [0.25, 0.3) is 11.1 Å². The molecule has 0 aliphatic heterocycles. The molecule has 0 heterocycles. The van der Waals surface area contributed by atoms with Gasteiger partial charge >= 0.3 is 17.9 Å². The zero-order valence-corrected chi connectivity index (χ0v) is 31.1. The highest BCUT2D eigenvalue weighted by Crippen LogP contribution is 2.26. The Labute approximate surface area is 318 Å². The van der Waals surface area contributed by atoms with Crippen LogP contribution in [0, 0.1) is 0 Å². The molecule has 0 radical (unpaired) electrons. The van der Waals surface area contributed by atoms with Crippen LogP contribution in [-0.2, 0) is 0 Å². The highest BCUT2D eigenvalue weighted by atomic mass is 16.5. The lowest BCUT2D eigenvalue weighted by Gasteiger charge is -2.09. The molecule has 0 N–H and O–H groups in total. The Hall–Kier alpha value is -5.89. The lowest BCUT2D eigenvalue weighted by molar-refractivity contribution is 0.0723. The van der Waals surface area contributed by atoms with E-state index in [0.717, 1.165) is 42.6 Å². The van der Waals surface area contributed by atoms with E-state index in [1.165, 1.54) is 32.1 Å². The first-order valence-corrected chi connectivity index (χ1v) is 18.8. The minimum absolute atomic E-state index is 0.297. The maximum Gasteiger partial charge on any atom is 0.343 e. The molecule has 0 aromatic heterocycles. The number of ether oxygens (including phenoxy) is 5. The Morgan fingerprint density at radius 2 is 0.796 bits per heavy atom. The minimum Gasteiger partial charge on any atom is -0.494 e. The average Bonchev–Trinajstić information content (AvgIpc) is 3.20. The van der Waals surface area contributed by atoms with Crippen LogP contribution in [0.5, 0.6) is 28.7 Å². The van der Waals surface area contributed by atoms with Crippen molar-refractivity contribution in [2.45, 2.75) is 71.6 Å². The Balaban J connectivity index is 1.07. The molecule has 0 bridgehead atoms. The maximum absolute atomic E-state index is 12.9. The highest BCUT2D eigenvalue weighted by molar-refractivity contribution is 5.93. The van der Waals surface area contributed by atoms with Crippen LogP contribution in [0.2, 0.25) is 0 Å². The monoisotopic (exact) mass is 728 g/mol. The molecular weight excluding hydrogens is 680 g/mol. The molecule has 5 rings (SSSR count). The van der Waals surface area contributed by atoms with Crippen LogP contribution in [0.1, 0.15) is 103 Å². The molecule has 0 aliphatic carbocycles. The number of carbonyl (C=O) groups excluding carboxylic acids is 3. The van der Waals surface area contributed by atoms with Crippen molar-refractivity contribution < 1.29 is 38.1 Å². The van der Waals surface area contributed by atoms with Gasteiger partial charge < -0.3 is 23.7 Å². The molecule has 0 amide bonds. The summed E-state index contributed by atoms with van der Waals surface area (Å²) in [5.41, 5.74) is 2.72. The first-order valence-electron chi connectivity index (χ1n) is 18.8. The van der Waals surface area contributed by atoms with Crippen molar-refractivity contribution >= 4 is 17.9 Å². The van der Waals surface area contributed by atoms with E-state index in [1.807, 2.05) is 18.2 Å². The summed E-state index contributed by atoms with van der Waals surface area (Å²) in [6.07, 6.45) is 10.6. The third-order valence-corrected chi connectivity index (χ3v) is 8.70. The fourth-order valence-corrected chi connectivity index (χ4v) is 5.57. The van der Waals surface area contributed by atoms with Crippen LogP contribution in [0.15, 0.2) is 121 Å². The van der Waals surface area contributed by atoms with E-state index in [0.29, 0.717) is 52.9 Å². The van der Waals surface area contributed by atoms with Crippen LogP contribution in [0.4, 0.5) is 0 Å². The normalized spacial score (nSPS) is 10.7. The van der Waals surface area contributed by atoms with E-state index >= 15 is 0 Å². The summed E-state index contributed by atoms with van der Waals surface area (Å²) >= 11 is 0. The summed E-state index contributed by atoms with van der Waals surface area (Å²) in [5, 5.41) is 0. The van der Waals surface area contributed by atoms with E-state index in [-0.39, 0.29) is 0 Å². The summed E-state index contributed by atoms with van der Waals surface area (Å²) in [6, 6.07) is 34.2. The number of rotatable bonds is 20. The van der Waals surface area contributed by atoms with Gasteiger partial charge in [0.25, 0.3) is 0 Å². The quantitative estimate of drug-likeness (QED) is 0.0444. The number of hydrogen-bond acceptors (Lipinski definition) is 8. The minimum atomic E-state index is -0.557. The van der Waals surface area contributed by atoms with Crippen molar-refractivity contribution in [2.24, 2.45) is 0 Å². The summed E-state index contributed by atoms with van der Waals surface area (Å²) in [5.74, 6) is 0.986. The van der Waals surface area contributed by atoms with Gasteiger partial charge in [-0.15, -0.1) is 0 Å². The SMILES string of the molecule is CCCCCCCCCOc1ccc(C(=O)Oc2ccc(C(=O)Oc3ccc(-c4cccc(C(=O)Oc5ccc(OCCCC)cc5)c4)cc3)cc2)cc1. The van der Waals surface area contributed by atoms with Crippen LogP contribution >= 0.6 is 0 Å². The van der Waals surface area contributed by atoms with Gasteiger partial charge in [-0.3, -0.25) is 0 Å². The van der Waals surface area contributed by atoms with Gasteiger partial charge in [0.2, 0.25) is 0 Å². The van der Waals surface area contributed by atoms with E-state index in [1.54, 1.807) is 103 Å². The zero-order valence-electron chi connectivity index (χ0n) is 31.1. The Morgan fingerprint density at radius 1 is 0.389 bits per heavy atom. The number of esters is 3. The van der Waals surface area contributed by atoms with Crippen LogP contribution in [-0.4, -0.2) is 31.1 Å². The summed E-state index contributed by atoms with van der Waals surface area (Å²) in [4.78, 5) is 38.5. The average molecular weight is 729 g/mol. The molecule has 0 atom stereocenters. The number of benzene rings is 5. The number of unbranched alkanes of at least 4 members (excludes halogenated alkanes) is 7. The molecule has 0 aliphatic rings.